The number of hydrogen-bond acceptors (Lipinski definition) is 5. The van der Waals surface area contributed by atoms with Gasteiger partial charge in [0.2, 0.25) is 10.0 Å². The second-order valence-corrected chi connectivity index (χ2v) is 7.91. The van der Waals surface area contributed by atoms with Gasteiger partial charge in [0.15, 0.2) is 15.1 Å². The van der Waals surface area contributed by atoms with Gasteiger partial charge in [0.25, 0.3) is 0 Å². The number of nitrogens with one attached hydrogen (secondary N) is 1. The summed E-state index contributed by atoms with van der Waals surface area (Å²) in [6.45, 7) is 1.60. The Hall–Kier alpha value is -0.650. The molecule has 1 aliphatic rings. The van der Waals surface area contributed by atoms with Gasteiger partial charge in [0.1, 0.15) is 0 Å². The first kappa shape index (κ1) is 13.4. The Morgan fingerprint density at radius 3 is 2.56 bits per heavy atom. The number of nitriles is 1. The van der Waals surface area contributed by atoms with Gasteiger partial charge in [-0.1, -0.05) is 6.92 Å². The van der Waals surface area contributed by atoms with Crippen LogP contribution < -0.4 is 4.72 Å². The standard InChI is InChI=1S/C8H14N2O4S2/c1-2-8(5-9)16(13,14)10-7-3-4-15(11,12)6-7/h7-8,10H,2-4,6H2,1H3. The third-order valence-corrected chi connectivity index (χ3v) is 6.07. The molecule has 16 heavy (non-hydrogen) atoms. The van der Waals surface area contributed by atoms with Crippen molar-refractivity contribution >= 4 is 19.9 Å². The number of sulfone groups is 1. The number of sulfonamides is 1. The van der Waals surface area contributed by atoms with E-state index in [4.69, 9.17) is 5.26 Å². The van der Waals surface area contributed by atoms with Crippen LogP contribution in [0.1, 0.15) is 19.8 Å². The first-order valence-electron chi connectivity index (χ1n) is 4.92. The molecule has 1 N–H and O–H groups in total. The molecule has 6 nitrogen and oxygen atoms in total. The van der Waals surface area contributed by atoms with Crippen LogP contribution in [0.4, 0.5) is 0 Å². The van der Waals surface area contributed by atoms with E-state index in [0.717, 1.165) is 0 Å². The van der Waals surface area contributed by atoms with E-state index < -0.39 is 31.2 Å². The lowest BCUT2D eigenvalue weighted by Crippen LogP contribution is -2.40. The molecule has 8 heteroatoms. The summed E-state index contributed by atoms with van der Waals surface area (Å²) in [4.78, 5) is 0. The summed E-state index contributed by atoms with van der Waals surface area (Å²) in [7, 11) is -6.85. The highest BCUT2D eigenvalue weighted by Gasteiger charge is 2.33. The topological polar surface area (TPSA) is 104 Å². The minimum absolute atomic E-state index is 0.00350. The Bertz CT molecular complexity index is 489. The van der Waals surface area contributed by atoms with E-state index in [0.29, 0.717) is 0 Å². The lowest BCUT2D eigenvalue weighted by Gasteiger charge is -2.13. The SMILES string of the molecule is CCC(C#N)S(=O)(=O)NC1CCS(=O)(=O)C1. The normalized spacial score (nSPS) is 26.1. The zero-order chi connectivity index (χ0) is 12.4. The first-order valence-corrected chi connectivity index (χ1v) is 8.28. The fourth-order valence-electron chi connectivity index (χ4n) is 1.58. The van der Waals surface area contributed by atoms with Crippen LogP contribution in [0.3, 0.4) is 0 Å². The van der Waals surface area contributed by atoms with Gasteiger partial charge in [0, 0.05) is 6.04 Å². The second kappa shape index (κ2) is 4.69. The van der Waals surface area contributed by atoms with Crippen molar-refractivity contribution < 1.29 is 16.8 Å². The zero-order valence-electron chi connectivity index (χ0n) is 8.88. The van der Waals surface area contributed by atoms with Gasteiger partial charge in [0.05, 0.1) is 17.6 Å². The molecule has 0 bridgehead atoms. The van der Waals surface area contributed by atoms with Gasteiger partial charge in [-0.15, -0.1) is 0 Å². The average molecular weight is 266 g/mol. The van der Waals surface area contributed by atoms with Crippen molar-refractivity contribution in [2.45, 2.75) is 31.1 Å². The Morgan fingerprint density at radius 2 is 2.19 bits per heavy atom. The summed E-state index contributed by atoms with van der Waals surface area (Å²) in [5.74, 6) is -0.169. The van der Waals surface area contributed by atoms with Gasteiger partial charge in [-0.05, 0) is 12.8 Å². The Morgan fingerprint density at radius 1 is 1.56 bits per heavy atom. The van der Waals surface area contributed by atoms with Crippen LogP contribution in [0.25, 0.3) is 0 Å². The molecular weight excluding hydrogens is 252 g/mol. The maximum absolute atomic E-state index is 11.6. The van der Waals surface area contributed by atoms with Crippen molar-refractivity contribution in [1.82, 2.24) is 4.72 Å². The molecule has 0 aliphatic carbocycles. The van der Waals surface area contributed by atoms with E-state index in [2.05, 4.69) is 4.72 Å². The van der Waals surface area contributed by atoms with E-state index >= 15 is 0 Å². The maximum Gasteiger partial charge on any atom is 0.228 e. The molecule has 0 spiro atoms. The third-order valence-electron chi connectivity index (χ3n) is 2.45. The molecule has 0 aromatic rings. The molecule has 0 aromatic heterocycles. The summed E-state index contributed by atoms with van der Waals surface area (Å²) in [5, 5.41) is 7.54. The average Bonchev–Trinajstić information content (AvgIpc) is 2.45. The summed E-state index contributed by atoms with van der Waals surface area (Å²) in [6.07, 6.45) is 0.467. The number of nitrogens with zero attached hydrogens (tertiary/aromatic N) is 1. The monoisotopic (exact) mass is 266 g/mol. The first-order chi connectivity index (χ1) is 7.30. The summed E-state index contributed by atoms with van der Waals surface area (Å²) in [5.41, 5.74) is 0. The van der Waals surface area contributed by atoms with E-state index in [9.17, 15) is 16.8 Å². The Balaban J connectivity index is 2.73. The molecule has 0 amide bonds. The number of rotatable bonds is 4. The quantitative estimate of drug-likeness (QED) is 0.731. The van der Waals surface area contributed by atoms with Crippen molar-refractivity contribution in [1.29, 1.82) is 5.26 Å². The summed E-state index contributed by atoms with van der Waals surface area (Å²) >= 11 is 0. The molecule has 0 saturated carbocycles. The largest absolute Gasteiger partial charge is 0.229 e. The predicted octanol–water partition coefficient (Wildman–Crippen LogP) is -0.605. The van der Waals surface area contributed by atoms with Gasteiger partial charge in [-0.3, -0.25) is 0 Å². The fourth-order valence-corrected chi connectivity index (χ4v) is 4.77. The molecule has 1 rings (SSSR count). The second-order valence-electron chi connectivity index (χ2n) is 3.79. The summed E-state index contributed by atoms with van der Waals surface area (Å²) < 4.78 is 47.8. The van der Waals surface area contributed by atoms with Crippen molar-refractivity contribution in [2.75, 3.05) is 11.5 Å². The molecular formula is C8H14N2O4S2. The summed E-state index contributed by atoms with van der Waals surface area (Å²) in [6, 6.07) is 1.10. The smallest absolute Gasteiger partial charge is 0.228 e. The van der Waals surface area contributed by atoms with E-state index in [1.54, 1.807) is 13.0 Å². The van der Waals surface area contributed by atoms with Crippen LogP contribution in [-0.4, -0.2) is 39.6 Å². The van der Waals surface area contributed by atoms with Crippen molar-refractivity contribution in [3.63, 3.8) is 0 Å². The van der Waals surface area contributed by atoms with Gasteiger partial charge in [-0.25, -0.2) is 21.6 Å². The van der Waals surface area contributed by atoms with Crippen molar-refractivity contribution in [2.24, 2.45) is 0 Å². The van der Waals surface area contributed by atoms with Crippen molar-refractivity contribution in [3.8, 4) is 6.07 Å². The molecule has 1 fully saturated rings. The molecule has 1 aliphatic heterocycles. The fraction of sp³-hybridized carbons (Fsp3) is 0.875. The molecule has 0 radical (unpaired) electrons. The van der Waals surface area contributed by atoms with Crippen LogP contribution in [0.2, 0.25) is 0 Å². The van der Waals surface area contributed by atoms with Crippen LogP contribution >= 0.6 is 0 Å². The number of hydrogen-bond donors (Lipinski definition) is 1. The molecule has 0 aromatic carbocycles. The van der Waals surface area contributed by atoms with Crippen LogP contribution in [0, 0.1) is 11.3 Å². The van der Waals surface area contributed by atoms with Gasteiger partial charge >= 0.3 is 0 Å². The van der Waals surface area contributed by atoms with Crippen LogP contribution in [0.15, 0.2) is 0 Å². The van der Waals surface area contributed by atoms with Crippen molar-refractivity contribution in [3.05, 3.63) is 0 Å². The van der Waals surface area contributed by atoms with E-state index in [-0.39, 0.29) is 24.3 Å². The Labute approximate surface area is 95.6 Å². The molecule has 1 saturated heterocycles. The highest BCUT2D eigenvalue weighted by molar-refractivity contribution is 7.92. The molecule has 92 valence electrons. The van der Waals surface area contributed by atoms with Crippen LogP contribution in [0.5, 0.6) is 0 Å². The molecule has 2 unspecified atom stereocenters. The minimum atomic E-state index is -3.73. The lowest BCUT2D eigenvalue weighted by atomic mass is 10.3. The third kappa shape index (κ3) is 3.17. The molecule has 2 atom stereocenters. The van der Waals surface area contributed by atoms with E-state index in [1.165, 1.54) is 0 Å². The van der Waals surface area contributed by atoms with Gasteiger partial charge < -0.3 is 0 Å². The van der Waals surface area contributed by atoms with Crippen LogP contribution in [-0.2, 0) is 19.9 Å². The predicted molar refractivity (Wildman–Crippen MR) is 58.8 cm³/mol. The Kier molecular flexibility index (Phi) is 3.93. The highest BCUT2D eigenvalue weighted by Crippen LogP contribution is 2.14. The molecule has 1 heterocycles. The minimum Gasteiger partial charge on any atom is -0.229 e. The highest BCUT2D eigenvalue weighted by atomic mass is 32.2. The van der Waals surface area contributed by atoms with E-state index in [1.807, 2.05) is 0 Å². The lowest BCUT2D eigenvalue weighted by molar-refractivity contribution is 0.554. The maximum atomic E-state index is 11.6. The van der Waals surface area contributed by atoms with Gasteiger partial charge in [-0.2, -0.15) is 5.26 Å². The zero-order valence-corrected chi connectivity index (χ0v) is 10.5.